The number of ether oxygens (including phenoxy) is 1. The molecule has 2 atom stereocenters. The molecule has 20 heavy (non-hydrogen) atoms. The van der Waals surface area contributed by atoms with Gasteiger partial charge in [0.15, 0.2) is 0 Å². The molecule has 0 radical (unpaired) electrons. The Morgan fingerprint density at radius 3 is 2.85 bits per heavy atom. The molecule has 1 aliphatic carbocycles. The van der Waals surface area contributed by atoms with Crippen molar-refractivity contribution in [2.24, 2.45) is 0 Å². The topological polar surface area (TPSA) is 21.3 Å². The molecule has 0 saturated heterocycles. The van der Waals surface area contributed by atoms with Crippen molar-refractivity contribution in [1.82, 2.24) is 5.32 Å². The van der Waals surface area contributed by atoms with E-state index >= 15 is 0 Å². The molecule has 0 bridgehead atoms. The van der Waals surface area contributed by atoms with Crippen molar-refractivity contribution >= 4 is 0 Å². The van der Waals surface area contributed by atoms with Crippen LogP contribution in [0.15, 0.2) is 18.2 Å². The largest absolute Gasteiger partial charge is 0.496 e. The first-order valence-electron chi connectivity index (χ1n) is 7.81. The predicted octanol–water partition coefficient (Wildman–Crippen LogP) is 4.25. The molecule has 0 aliphatic heterocycles. The van der Waals surface area contributed by atoms with Crippen LogP contribution in [0.2, 0.25) is 0 Å². The van der Waals surface area contributed by atoms with Gasteiger partial charge in [-0.15, -0.1) is 0 Å². The third-order valence-electron chi connectivity index (χ3n) is 4.24. The number of rotatable bonds is 5. The molecule has 0 aromatic heterocycles. The van der Waals surface area contributed by atoms with E-state index in [2.05, 4.69) is 12.2 Å². The van der Waals surface area contributed by atoms with Gasteiger partial charge in [-0.3, -0.25) is 0 Å². The van der Waals surface area contributed by atoms with Gasteiger partial charge in [-0.25, -0.2) is 4.39 Å². The molecule has 0 spiro atoms. The van der Waals surface area contributed by atoms with E-state index in [4.69, 9.17) is 4.74 Å². The highest BCUT2D eigenvalue weighted by atomic mass is 19.1. The van der Waals surface area contributed by atoms with Crippen LogP contribution in [0.25, 0.3) is 0 Å². The maximum absolute atomic E-state index is 13.6. The Labute approximate surface area is 121 Å². The van der Waals surface area contributed by atoms with Crippen molar-refractivity contribution in [3.8, 4) is 5.75 Å². The summed E-state index contributed by atoms with van der Waals surface area (Å²) in [5, 5.41) is 3.63. The lowest BCUT2D eigenvalue weighted by Gasteiger charge is -2.23. The van der Waals surface area contributed by atoms with Crippen molar-refractivity contribution in [1.29, 1.82) is 0 Å². The lowest BCUT2D eigenvalue weighted by Crippen LogP contribution is -2.30. The molecule has 1 saturated carbocycles. The second kappa shape index (κ2) is 7.63. The van der Waals surface area contributed by atoms with Gasteiger partial charge in [0.25, 0.3) is 0 Å². The summed E-state index contributed by atoms with van der Waals surface area (Å²) in [5.74, 6) is 1.06. The van der Waals surface area contributed by atoms with Crippen LogP contribution in [0, 0.1) is 5.82 Å². The lowest BCUT2D eigenvalue weighted by molar-refractivity contribution is 0.392. The number of nitrogens with one attached hydrogen (secondary N) is 1. The highest BCUT2D eigenvalue weighted by Gasteiger charge is 2.23. The Morgan fingerprint density at radius 1 is 1.30 bits per heavy atom. The van der Waals surface area contributed by atoms with Gasteiger partial charge in [0.05, 0.1) is 7.11 Å². The zero-order valence-electron chi connectivity index (χ0n) is 12.6. The summed E-state index contributed by atoms with van der Waals surface area (Å²) >= 11 is 0. The van der Waals surface area contributed by atoms with E-state index in [0.29, 0.717) is 12.0 Å². The van der Waals surface area contributed by atoms with Crippen LogP contribution in [0.1, 0.15) is 56.9 Å². The third-order valence-corrected chi connectivity index (χ3v) is 4.24. The Hall–Kier alpha value is -1.09. The van der Waals surface area contributed by atoms with Gasteiger partial charge in [-0.05, 0) is 56.3 Å². The fourth-order valence-electron chi connectivity index (χ4n) is 3.20. The van der Waals surface area contributed by atoms with Gasteiger partial charge in [0.2, 0.25) is 0 Å². The Balaban J connectivity index is 2.15. The van der Waals surface area contributed by atoms with Gasteiger partial charge < -0.3 is 10.1 Å². The number of hydrogen-bond acceptors (Lipinski definition) is 2. The fraction of sp³-hybridized carbons (Fsp3) is 0.647. The normalized spacial score (nSPS) is 23.4. The first-order valence-corrected chi connectivity index (χ1v) is 7.81. The SMILES string of the molecule is CCCNC1CCCCC(c2cc(F)ccc2OC)C1. The van der Waals surface area contributed by atoms with Gasteiger partial charge in [0, 0.05) is 11.6 Å². The van der Waals surface area contributed by atoms with Crippen LogP contribution in [-0.4, -0.2) is 19.7 Å². The van der Waals surface area contributed by atoms with Crippen molar-refractivity contribution < 1.29 is 9.13 Å². The fourth-order valence-corrected chi connectivity index (χ4v) is 3.20. The minimum atomic E-state index is -0.164. The molecule has 1 aliphatic rings. The summed E-state index contributed by atoms with van der Waals surface area (Å²) in [4.78, 5) is 0. The Morgan fingerprint density at radius 2 is 2.10 bits per heavy atom. The number of hydrogen-bond donors (Lipinski definition) is 1. The minimum absolute atomic E-state index is 0.164. The minimum Gasteiger partial charge on any atom is -0.496 e. The predicted molar refractivity (Wildman–Crippen MR) is 80.9 cm³/mol. The number of methoxy groups -OCH3 is 1. The first-order chi connectivity index (χ1) is 9.74. The van der Waals surface area contributed by atoms with Gasteiger partial charge in [-0.1, -0.05) is 19.8 Å². The van der Waals surface area contributed by atoms with Crippen molar-refractivity contribution in [3.63, 3.8) is 0 Å². The van der Waals surface area contributed by atoms with Gasteiger partial charge in [0.1, 0.15) is 11.6 Å². The maximum Gasteiger partial charge on any atom is 0.123 e. The average Bonchev–Trinajstić information content (AvgIpc) is 2.70. The molecular weight excluding hydrogens is 253 g/mol. The Kier molecular flexibility index (Phi) is 5.84. The summed E-state index contributed by atoms with van der Waals surface area (Å²) in [6, 6.07) is 5.44. The number of benzene rings is 1. The van der Waals surface area contributed by atoms with Gasteiger partial charge >= 0.3 is 0 Å². The summed E-state index contributed by atoms with van der Waals surface area (Å²) in [7, 11) is 1.67. The highest BCUT2D eigenvalue weighted by Crippen LogP contribution is 2.37. The molecule has 1 N–H and O–H groups in total. The van der Waals surface area contributed by atoms with Crippen LogP contribution < -0.4 is 10.1 Å². The summed E-state index contributed by atoms with van der Waals surface area (Å²) in [6.45, 7) is 3.26. The van der Waals surface area contributed by atoms with Crippen LogP contribution in [0.5, 0.6) is 5.75 Å². The molecule has 2 nitrogen and oxygen atoms in total. The third kappa shape index (κ3) is 3.95. The second-order valence-electron chi connectivity index (χ2n) is 5.75. The summed E-state index contributed by atoms with van der Waals surface area (Å²) in [6.07, 6.45) is 7.08. The Bertz CT molecular complexity index is 421. The molecule has 0 amide bonds. The van der Waals surface area contributed by atoms with E-state index in [-0.39, 0.29) is 5.82 Å². The monoisotopic (exact) mass is 279 g/mol. The molecule has 1 fully saturated rings. The van der Waals surface area contributed by atoms with Crippen molar-refractivity contribution in [2.75, 3.05) is 13.7 Å². The zero-order chi connectivity index (χ0) is 14.4. The molecule has 1 aromatic rings. The molecule has 112 valence electrons. The van der Waals surface area contributed by atoms with Gasteiger partial charge in [-0.2, -0.15) is 0 Å². The zero-order valence-corrected chi connectivity index (χ0v) is 12.6. The summed E-state index contributed by atoms with van der Waals surface area (Å²) < 4.78 is 19.0. The lowest BCUT2D eigenvalue weighted by atomic mass is 9.89. The van der Waals surface area contributed by atoms with E-state index in [9.17, 15) is 4.39 Å². The van der Waals surface area contributed by atoms with Crippen LogP contribution >= 0.6 is 0 Å². The quantitative estimate of drug-likeness (QED) is 0.814. The van der Waals surface area contributed by atoms with E-state index in [1.807, 2.05) is 0 Å². The maximum atomic E-state index is 13.6. The number of halogens is 1. The van der Waals surface area contributed by atoms with Crippen LogP contribution in [-0.2, 0) is 0 Å². The molecule has 1 aromatic carbocycles. The molecule has 0 heterocycles. The van der Waals surface area contributed by atoms with E-state index in [1.54, 1.807) is 19.2 Å². The van der Waals surface area contributed by atoms with E-state index in [1.165, 1.54) is 25.3 Å². The molecule has 2 rings (SSSR count). The molecule has 2 unspecified atom stereocenters. The summed E-state index contributed by atoms with van der Waals surface area (Å²) in [5.41, 5.74) is 1.04. The molecule has 3 heteroatoms. The highest BCUT2D eigenvalue weighted by molar-refractivity contribution is 5.37. The van der Waals surface area contributed by atoms with E-state index in [0.717, 1.165) is 37.1 Å². The average molecular weight is 279 g/mol. The van der Waals surface area contributed by atoms with Crippen molar-refractivity contribution in [3.05, 3.63) is 29.6 Å². The van der Waals surface area contributed by atoms with E-state index < -0.39 is 0 Å². The first kappa shape index (κ1) is 15.3. The molecular formula is C17H26FNO. The smallest absolute Gasteiger partial charge is 0.123 e. The van der Waals surface area contributed by atoms with Crippen molar-refractivity contribution in [2.45, 2.75) is 57.4 Å². The van der Waals surface area contributed by atoms with Crippen LogP contribution in [0.3, 0.4) is 0 Å². The standard InChI is InChI=1S/C17H26FNO/c1-3-10-19-15-7-5-4-6-13(11-15)16-12-14(18)8-9-17(16)20-2/h8-9,12-13,15,19H,3-7,10-11H2,1-2H3. The van der Waals surface area contributed by atoms with Crippen LogP contribution in [0.4, 0.5) is 4.39 Å². The second-order valence-corrected chi connectivity index (χ2v) is 5.75.